The molecule has 8 aromatic rings. The van der Waals surface area contributed by atoms with E-state index in [9.17, 15) is 0 Å². The van der Waals surface area contributed by atoms with Crippen molar-refractivity contribution in [2.24, 2.45) is 0 Å². The van der Waals surface area contributed by atoms with E-state index in [0.717, 1.165) is 50.3 Å². The lowest BCUT2D eigenvalue weighted by Crippen LogP contribution is -1.96. The molecule has 0 aliphatic rings. The smallest absolute Gasteiger partial charge is 0.160 e. The van der Waals surface area contributed by atoms with Crippen LogP contribution >= 0.6 is 0 Å². The van der Waals surface area contributed by atoms with Crippen molar-refractivity contribution in [3.8, 4) is 67.3 Å². The van der Waals surface area contributed by atoms with Crippen LogP contribution in [0.4, 0.5) is 0 Å². The molecule has 3 heteroatoms. The van der Waals surface area contributed by atoms with Crippen LogP contribution in [0, 0.1) is 0 Å². The number of rotatable bonds is 6. The van der Waals surface area contributed by atoms with Crippen molar-refractivity contribution in [2.75, 3.05) is 0 Å². The van der Waals surface area contributed by atoms with Gasteiger partial charge in [0, 0.05) is 29.1 Å². The van der Waals surface area contributed by atoms with Crippen molar-refractivity contribution in [2.45, 2.75) is 0 Å². The first-order valence-corrected chi connectivity index (χ1v) is 15.4. The summed E-state index contributed by atoms with van der Waals surface area (Å²) >= 11 is 0. The van der Waals surface area contributed by atoms with Gasteiger partial charge in [-0.1, -0.05) is 133 Å². The first kappa shape index (κ1) is 27.4. The fourth-order valence-electron chi connectivity index (χ4n) is 6.02. The summed E-state index contributed by atoms with van der Waals surface area (Å²) in [4.78, 5) is 14.3. The van der Waals surface area contributed by atoms with Gasteiger partial charge in [-0.3, -0.25) is 4.98 Å². The molecule has 0 aliphatic carbocycles. The predicted molar refractivity (Wildman–Crippen MR) is 190 cm³/mol. The van der Waals surface area contributed by atoms with Gasteiger partial charge in [-0.2, -0.15) is 0 Å². The van der Waals surface area contributed by atoms with Crippen LogP contribution in [0.5, 0.6) is 0 Å². The maximum absolute atomic E-state index is 5.07. The Morgan fingerprint density at radius 3 is 1.74 bits per heavy atom. The molecule has 0 bridgehead atoms. The van der Waals surface area contributed by atoms with Gasteiger partial charge in [0.15, 0.2) is 5.82 Å². The van der Waals surface area contributed by atoms with E-state index in [-0.39, 0.29) is 0 Å². The van der Waals surface area contributed by atoms with Crippen LogP contribution in [0.1, 0.15) is 0 Å². The van der Waals surface area contributed by atoms with Gasteiger partial charge in [0.2, 0.25) is 0 Å². The number of hydrogen-bond acceptors (Lipinski definition) is 3. The Kier molecular flexibility index (Phi) is 7.18. The summed E-state index contributed by atoms with van der Waals surface area (Å²) in [6, 6.07) is 57.3. The van der Waals surface area contributed by atoms with Gasteiger partial charge in [-0.25, -0.2) is 9.97 Å². The van der Waals surface area contributed by atoms with Crippen LogP contribution in [-0.2, 0) is 0 Å². The Morgan fingerprint density at radius 1 is 0.348 bits per heavy atom. The Labute approximate surface area is 268 Å². The Balaban J connectivity index is 1.23. The molecule has 0 saturated carbocycles. The van der Waals surface area contributed by atoms with Crippen molar-refractivity contribution in [3.63, 3.8) is 0 Å². The lowest BCUT2D eigenvalue weighted by Gasteiger charge is -2.13. The molecule has 216 valence electrons. The normalized spacial score (nSPS) is 11.0. The van der Waals surface area contributed by atoms with Crippen molar-refractivity contribution in [1.29, 1.82) is 0 Å². The quantitative estimate of drug-likeness (QED) is 0.194. The summed E-state index contributed by atoms with van der Waals surface area (Å²) in [6.45, 7) is 0. The van der Waals surface area contributed by atoms with Crippen molar-refractivity contribution >= 4 is 10.8 Å². The van der Waals surface area contributed by atoms with Crippen LogP contribution in [0.3, 0.4) is 0 Å². The summed E-state index contributed by atoms with van der Waals surface area (Å²) in [5, 5.41) is 2.43. The molecule has 2 heterocycles. The van der Waals surface area contributed by atoms with Crippen molar-refractivity contribution in [1.82, 2.24) is 15.0 Å². The molecule has 6 aromatic carbocycles. The summed E-state index contributed by atoms with van der Waals surface area (Å²) in [6.07, 6.45) is 3.71. The summed E-state index contributed by atoms with van der Waals surface area (Å²) in [5.74, 6) is 0.713. The van der Waals surface area contributed by atoms with E-state index in [1.165, 1.54) is 21.9 Å². The summed E-state index contributed by atoms with van der Waals surface area (Å²) < 4.78 is 0. The molecule has 0 unspecified atom stereocenters. The molecule has 0 fully saturated rings. The molecular formula is C43H29N3. The Bertz CT molecular complexity index is 2220. The second-order valence-corrected chi connectivity index (χ2v) is 11.3. The zero-order valence-electron chi connectivity index (χ0n) is 25.1. The molecule has 46 heavy (non-hydrogen) atoms. The van der Waals surface area contributed by atoms with Gasteiger partial charge in [-0.15, -0.1) is 0 Å². The highest BCUT2D eigenvalue weighted by atomic mass is 14.9. The third kappa shape index (κ3) is 5.47. The van der Waals surface area contributed by atoms with Crippen LogP contribution < -0.4 is 0 Å². The molecule has 0 spiro atoms. The lowest BCUT2D eigenvalue weighted by atomic mass is 9.91. The van der Waals surface area contributed by atoms with Gasteiger partial charge in [0.05, 0.1) is 11.4 Å². The van der Waals surface area contributed by atoms with Crippen LogP contribution in [0.15, 0.2) is 176 Å². The predicted octanol–water partition coefficient (Wildman–Crippen LogP) is 11.0. The third-order valence-corrected chi connectivity index (χ3v) is 8.37. The maximum Gasteiger partial charge on any atom is 0.160 e. The van der Waals surface area contributed by atoms with Gasteiger partial charge in [-0.05, 0) is 74.5 Å². The van der Waals surface area contributed by atoms with Crippen molar-refractivity contribution in [3.05, 3.63) is 176 Å². The molecule has 0 aliphatic heterocycles. The SMILES string of the molecule is c1ccc(-c2cc(-c3cccc(-c4cc(-c5ccc(-c6cccnc6)cc5)c5ccccc5c4)c3)nc(-c3ccccc3)n2)cc1. The van der Waals surface area contributed by atoms with Crippen LogP contribution in [0.25, 0.3) is 78.1 Å². The zero-order valence-corrected chi connectivity index (χ0v) is 25.1. The number of nitrogens with zero attached hydrogens (tertiary/aromatic N) is 3. The lowest BCUT2D eigenvalue weighted by molar-refractivity contribution is 1.18. The minimum atomic E-state index is 0.713. The van der Waals surface area contributed by atoms with Gasteiger partial charge in [0.25, 0.3) is 0 Å². The first-order chi connectivity index (χ1) is 22.8. The van der Waals surface area contributed by atoms with E-state index < -0.39 is 0 Å². The van der Waals surface area contributed by atoms with E-state index in [4.69, 9.17) is 9.97 Å². The Morgan fingerprint density at radius 2 is 0.978 bits per heavy atom. The summed E-state index contributed by atoms with van der Waals surface area (Å²) in [5.41, 5.74) is 11.8. The van der Waals surface area contributed by atoms with E-state index >= 15 is 0 Å². The van der Waals surface area contributed by atoms with E-state index in [2.05, 4.69) is 126 Å². The van der Waals surface area contributed by atoms with E-state index in [1.807, 2.05) is 48.7 Å². The highest BCUT2D eigenvalue weighted by molar-refractivity contribution is 6.00. The summed E-state index contributed by atoms with van der Waals surface area (Å²) in [7, 11) is 0. The zero-order chi connectivity index (χ0) is 30.7. The highest BCUT2D eigenvalue weighted by Gasteiger charge is 2.13. The largest absolute Gasteiger partial charge is 0.264 e. The van der Waals surface area contributed by atoms with Gasteiger partial charge < -0.3 is 0 Å². The fourth-order valence-corrected chi connectivity index (χ4v) is 6.02. The number of pyridine rings is 1. The molecule has 2 aromatic heterocycles. The van der Waals surface area contributed by atoms with Gasteiger partial charge >= 0.3 is 0 Å². The first-order valence-electron chi connectivity index (χ1n) is 15.4. The monoisotopic (exact) mass is 587 g/mol. The fraction of sp³-hybridized carbons (Fsp3) is 0. The second-order valence-electron chi connectivity index (χ2n) is 11.3. The van der Waals surface area contributed by atoms with E-state index in [0.29, 0.717) is 5.82 Å². The van der Waals surface area contributed by atoms with Crippen molar-refractivity contribution < 1.29 is 0 Å². The third-order valence-electron chi connectivity index (χ3n) is 8.37. The highest BCUT2D eigenvalue weighted by Crippen LogP contribution is 2.36. The standard InChI is InChI=1S/C43H29N3/c1-3-11-32(12-4-1)41-28-42(46-43(45-41)33-13-5-2-6-14-33)36-17-9-16-34(25-36)38-26-35-15-7-8-19-39(35)40(27-38)31-22-20-30(21-23-31)37-18-10-24-44-29-37/h1-29H. The minimum absolute atomic E-state index is 0.713. The molecule has 0 atom stereocenters. The topological polar surface area (TPSA) is 38.7 Å². The molecule has 0 saturated heterocycles. The average molecular weight is 588 g/mol. The molecule has 8 rings (SSSR count). The van der Waals surface area contributed by atoms with Crippen LogP contribution in [0.2, 0.25) is 0 Å². The van der Waals surface area contributed by atoms with Crippen LogP contribution in [-0.4, -0.2) is 15.0 Å². The number of hydrogen-bond donors (Lipinski definition) is 0. The molecule has 0 amide bonds. The van der Waals surface area contributed by atoms with Gasteiger partial charge in [0.1, 0.15) is 0 Å². The Hall–Kier alpha value is -6.19. The number of aromatic nitrogens is 3. The number of benzene rings is 6. The minimum Gasteiger partial charge on any atom is -0.264 e. The van der Waals surface area contributed by atoms with E-state index in [1.54, 1.807) is 6.20 Å². The maximum atomic E-state index is 5.07. The second kappa shape index (κ2) is 12.1. The number of fused-ring (bicyclic) bond motifs is 1. The molecule has 0 N–H and O–H groups in total. The molecule has 0 radical (unpaired) electrons. The molecule has 3 nitrogen and oxygen atoms in total. The molecular weight excluding hydrogens is 558 g/mol. The average Bonchev–Trinajstić information content (AvgIpc) is 3.15.